The second-order valence-corrected chi connectivity index (χ2v) is 4.67. The SMILES string of the molecule is COc1ccc(OC)c(C(C)NC(=O)c2ccccc2)c1. The van der Waals surface area contributed by atoms with Gasteiger partial charge in [0.25, 0.3) is 5.91 Å². The van der Waals surface area contributed by atoms with Crippen molar-refractivity contribution in [1.82, 2.24) is 5.32 Å². The Morgan fingerprint density at radius 3 is 2.38 bits per heavy atom. The van der Waals surface area contributed by atoms with Crippen LogP contribution in [0.25, 0.3) is 0 Å². The minimum atomic E-state index is -0.192. The molecule has 0 bridgehead atoms. The summed E-state index contributed by atoms with van der Waals surface area (Å²) >= 11 is 0. The van der Waals surface area contributed by atoms with Gasteiger partial charge in [-0.2, -0.15) is 0 Å². The Morgan fingerprint density at radius 1 is 1.05 bits per heavy atom. The summed E-state index contributed by atoms with van der Waals surface area (Å²) in [6.45, 7) is 1.91. The Labute approximate surface area is 124 Å². The summed E-state index contributed by atoms with van der Waals surface area (Å²) in [5.41, 5.74) is 1.51. The first-order valence-corrected chi connectivity index (χ1v) is 6.73. The summed E-state index contributed by atoms with van der Waals surface area (Å²) < 4.78 is 10.6. The molecule has 2 aromatic rings. The molecule has 0 saturated heterocycles. The summed E-state index contributed by atoms with van der Waals surface area (Å²) in [5.74, 6) is 1.33. The number of hydrogen-bond donors (Lipinski definition) is 1. The molecule has 2 rings (SSSR count). The quantitative estimate of drug-likeness (QED) is 0.917. The lowest BCUT2D eigenvalue weighted by molar-refractivity contribution is 0.0939. The van der Waals surface area contributed by atoms with Crippen molar-refractivity contribution < 1.29 is 14.3 Å². The highest BCUT2D eigenvalue weighted by Gasteiger charge is 2.16. The lowest BCUT2D eigenvalue weighted by Crippen LogP contribution is -2.26. The molecule has 0 aromatic heterocycles. The molecule has 1 atom stereocenters. The maximum Gasteiger partial charge on any atom is 0.251 e. The standard InChI is InChI=1S/C17H19NO3/c1-12(18-17(19)13-7-5-4-6-8-13)15-11-14(20-2)9-10-16(15)21-3/h4-12H,1-3H3,(H,18,19). The predicted octanol–water partition coefficient (Wildman–Crippen LogP) is 3.19. The molecular weight excluding hydrogens is 266 g/mol. The summed E-state index contributed by atoms with van der Waals surface area (Å²) in [5, 5.41) is 2.96. The minimum absolute atomic E-state index is 0.118. The van der Waals surface area contributed by atoms with Gasteiger partial charge in [0.1, 0.15) is 11.5 Å². The third-order valence-electron chi connectivity index (χ3n) is 3.29. The fourth-order valence-electron chi connectivity index (χ4n) is 2.13. The van der Waals surface area contributed by atoms with E-state index in [1.807, 2.05) is 43.3 Å². The Kier molecular flexibility index (Phi) is 4.82. The first kappa shape index (κ1) is 14.9. The van der Waals surface area contributed by atoms with Gasteiger partial charge in [0.15, 0.2) is 0 Å². The van der Waals surface area contributed by atoms with Gasteiger partial charge in [-0.1, -0.05) is 18.2 Å². The summed E-state index contributed by atoms with van der Waals surface area (Å²) in [7, 11) is 3.22. The molecule has 4 heteroatoms. The molecular formula is C17H19NO3. The fourth-order valence-corrected chi connectivity index (χ4v) is 2.13. The Morgan fingerprint density at radius 2 is 1.76 bits per heavy atom. The fraction of sp³-hybridized carbons (Fsp3) is 0.235. The lowest BCUT2D eigenvalue weighted by Gasteiger charge is -2.18. The molecule has 0 aliphatic carbocycles. The minimum Gasteiger partial charge on any atom is -0.497 e. The van der Waals surface area contributed by atoms with E-state index in [0.29, 0.717) is 5.56 Å². The predicted molar refractivity (Wildman–Crippen MR) is 81.9 cm³/mol. The number of benzene rings is 2. The van der Waals surface area contributed by atoms with Crippen molar-refractivity contribution in [3.05, 3.63) is 59.7 Å². The second kappa shape index (κ2) is 6.79. The van der Waals surface area contributed by atoms with Gasteiger partial charge in [-0.25, -0.2) is 0 Å². The van der Waals surface area contributed by atoms with Crippen LogP contribution < -0.4 is 14.8 Å². The highest BCUT2D eigenvalue weighted by atomic mass is 16.5. The Bertz CT molecular complexity index is 611. The zero-order valence-corrected chi connectivity index (χ0v) is 12.4. The molecule has 0 aliphatic heterocycles. The van der Waals surface area contributed by atoms with E-state index in [-0.39, 0.29) is 11.9 Å². The first-order chi connectivity index (χ1) is 10.2. The number of rotatable bonds is 5. The molecule has 0 fully saturated rings. The van der Waals surface area contributed by atoms with E-state index >= 15 is 0 Å². The normalized spacial score (nSPS) is 11.6. The van der Waals surface area contributed by atoms with E-state index in [1.165, 1.54) is 0 Å². The molecule has 110 valence electrons. The number of ether oxygens (including phenoxy) is 2. The van der Waals surface area contributed by atoms with Crippen LogP contribution >= 0.6 is 0 Å². The zero-order valence-electron chi connectivity index (χ0n) is 12.4. The van der Waals surface area contributed by atoms with Crippen molar-refractivity contribution in [3.63, 3.8) is 0 Å². The first-order valence-electron chi connectivity index (χ1n) is 6.73. The third kappa shape index (κ3) is 3.54. The average molecular weight is 285 g/mol. The smallest absolute Gasteiger partial charge is 0.251 e. The lowest BCUT2D eigenvalue weighted by atomic mass is 10.1. The van der Waals surface area contributed by atoms with E-state index < -0.39 is 0 Å². The van der Waals surface area contributed by atoms with Crippen molar-refractivity contribution in [2.45, 2.75) is 13.0 Å². The van der Waals surface area contributed by atoms with Crippen LogP contribution in [0.3, 0.4) is 0 Å². The number of carbonyl (C=O) groups is 1. The molecule has 1 amide bonds. The van der Waals surface area contributed by atoms with E-state index in [4.69, 9.17) is 9.47 Å². The molecule has 21 heavy (non-hydrogen) atoms. The molecule has 2 aromatic carbocycles. The highest BCUT2D eigenvalue weighted by molar-refractivity contribution is 5.94. The maximum absolute atomic E-state index is 12.2. The largest absolute Gasteiger partial charge is 0.497 e. The van der Waals surface area contributed by atoms with Crippen molar-refractivity contribution in [2.24, 2.45) is 0 Å². The van der Waals surface area contributed by atoms with E-state index in [1.54, 1.807) is 26.4 Å². The van der Waals surface area contributed by atoms with Crippen molar-refractivity contribution in [2.75, 3.05) is 14.2 Å². The zero-order chi connectivity index (χ0) is 15.2. The van der Waals surface area contributed by atoms with Crippen molar-refractivity contribution >= 4 is 5.91 Å². The van der Waals surface area contributed by atoms with Crippen LogP contribution in [-0.2, 0) is 0 Å². The topological polar surface area (TPSA) is 47.6 Å². The number of carbonyl (C=O) groups excluding carboxylic acids is 1. The molecule has 0 heterocycles. The third-order valence-corrected chi connectivity index (χ3v) is 3.29. The van der Waals surface area contributed by atoms with Crippen LogP contribution in [0.2, 0.25) is 0 Å². The van der Waals surface area contributed by atoms with Crippen molar-refractivity contribution in [3.8, 4) is 11.5 Å². The summed E-state index contributed by atoms with van der Waals surface area (Å²) in [4.78, 5) is 12.2. The Balaban J connectivity index is 2.20. The Hall–Kier alpha value is -2.49. The van der Waals surface area contributed by atoms with Crippen LogP contribution in [0.4, 0.5) is 0 Å². The van der Waals surface area contributed by atoms with Crippen LogP contribution in [0.15, 0.2) is 48.5 Å². The van der Waals surface area contributed by atoms with Gasteiger partial charge in [-0.05, 0) is 37.3 Å². The van der Waals surface area contributed by atoms with Crippen LogP contribution in [-0.4, -0.2) is 20.1 Å². The van der Waals surface area contributed by atoms with E-state index in [9.17, 15) is 4.79 Å². The molecule has 4 nitrogen and oxygen atoms in total. The monoisotopic (exact) mass is 285 g/mol. The van der Waals surface area contributed by atoms with Gasteiger partial charge in [-0.15, -0.1) is 0 Å². The number of methoxy groups -OCH3 is 2. The van der Waals surface area contributed by atoms with Gasteiger partial charge in [0, 0.05) is 11.1 Å². The van der Waals surface area contributed by atoms with Gasteiger partial charge in [-0.3, -0.25) is 4.79 Å². The van der Waals surface area contributed by atoms with Crippen LogP contribution in [0.5, 0.6) is 11.5 Å². The molecule has 1 N–H and O–H groups in total. The van der Waals surface area contributed by atoms with E-state index in [2.05, 4.69) is 5.32 Å². The molecule has 0 spiro atoms. The van der Waals surface area contributed by atoms with Crippen molar-refractivity contribution in [1.29, 1.82) is 0 Å². The summed E-state index contributed by atoms with van der Waals surface area (Å²) in [6.07, 6.45) is 0. The average Bonchev–Trinajstić information content (AvgIpc) is 2.54. The highest BCUT2D eigenvalue weighted by Crippen LogP contribution is 2.29. The maximum atomic E-state index is 12.2. The van der Waals surface area contributed by atoms with Gasteiger partial charge >= 0.3 is 0 Å². The number of nitrogens with one attached hydrogen (secondary N) is 1. The molecule has 1 unspecified atom stereocenters. The van der Waals surface area contributed by atoms with Gasteiger partial charge in [0.2, 0.25) is 0 Å². The number of amides is 1. The second-order valence-electron chi connectivity index (χ2n) is 4.67. The van der Waals surface area contributed by atoms with Gasteiger partial charge in [0.05, 0.1) is 20.3 Å². The molecule has 0 radical (unpaired) electrons. The summed E-state index contributed by atoms with van der Waals surface area (Å²) in [6, 6.07) is 14.5. The van der Waals surface area contributed by atoms with Crippen LogP contribution in [0.1, 0.15) is 28.9 Å². The van der Waals surface area contributed by atoms with Crippen LogP contribution in [0, 0.1) is 0 Å². The number of hydrogen-bond acceptors (Lipinski definition) is 3. The van der Waals surface area contributed by atoms with E-state index in [0.717, 1.165) is 17.1 Å². The van der Waals surface area contributed by atoms with Gasteiger partial charge < -0.3 is 14.8 Å². The molecule has 0 saturated carbocycles. The molecule has 0 aliphatic rings.